The molecule has 0 amide bonds. The van der Waals surface area contributed by atoms with Crippen LogP contribution in [-0.4, -0.2) is 48.2 Å². The van der Waals surface area contributed by atoms with Gasteiger partial charge in [0, 0.05) is 32.8 Å². The van der Waals surface area contributed by atoms with Crippen LogP contribution in [0.3, 0.4) is 0 Å². The number of ether oxygens (including phenoxy) is 2. The highest BCUT2D eigenvalue weighted by Crippen LogP contribution is 2.27. The molecular formula is C23H25ClN6O3. The summed E-state index contributed by atoms with van der Waals surface area (Å²) in [5, 5.41) is 13.7. The van der Waals surface area contributed by atoms with Gasteiger partial charge < -0.3 is 19.7 Å². The lowest BCUT2D eigenvalue weighted by Gasteiger charge is -2.19. The zero-order valence-electron chi connectivity index (χ0n) is 18.8. The molecule has 0 saturated carbocycles. The van der Waals surface area contributed by atoms with E-state index in [1.807, 2.05) is 24.1 Å². The summed E-state index contributed by atoms with van der Waals surface area (Å²) in [6.07, 6.45) is 2.40. The van der Waals surface area contributed by atoms with Gasteiger partial charge in [-0.15, -0.1) is 0 Å². The van der Waals surface area contributed by atoms with Crippen LogP contribution in [0.1, 0.15) is 30.9 Å². The number of carbonyl (C=O) groups excluding carboxylic acids is 1. The van der Waals surface area contributed by atoms with Crippen LogP contribution in [0.25, 0.3) is 11.0 Å². The highest BCUT2D eigenvalue weighted by molar-refractivity contribution is 6.32. The molecule has 3 rings (SSSR count). The van der Waals surface area contributed by atoms with Crippen molar-refractivity contribution < 1.29 is 14.3 Å². The maximum atomic E-state index is 11.6. The summed E-state index contributed by atoms with van der Waals surface area (Å²) in [7, 11) is 3.42. The number of fused-ring (bicyclic) bond motifs is 1. The second-order valence-corrected chi connectivity index (χ2v) is 7.64. The number of rotatable bonds is 10. The van der Waals surface area contributed by atoms with E-state index < -0.39 is 0 Å². The Morgan fingerprint density at radius 3 is 2.82 bits per heavy atom. The number of anilines is 2. The predicted octanol–water partition coefficient (Wildman–Crippen LogP) is 3.95. The Morgan fingerprint density at radius 2 is 2.12 bits per heavy atom. The van der Waals surface area contributed by atoms with Gasteiger partial charge in [0.1, 0.15) is 17.6 Å². The average molecular weight is 469 g/mol. The molecule has 9 nitrogen and oxygen atoms in total. The van der Waals surface area contributed by atoms with E-state index in [4.69, 9.17) is 21.1 Å². The Balaban J connectivity index is 1.84. The molecule has 0 bridgehead atoms. The fraction of sp³-hybridized carbons (Fsp3) is 0.348. The van der Waals surface area contributed by atoms with Crippen LogP contribution < -0.4 is 15.0 Å². The minimum absolute atomic E-state index is 0.225. The van der Waals surface area contributed by atoms with E-state index in [0.717, 1.165) is 5.56 Å². The van der Waals surface area contributed by atoms with Crippen molar-refractivity contribution >= 4 is 40.4 Å². The molecule has 0 radical (unpaired) electrons. The van der Waals surface area contributed by atoms with Crippen molar-refractivity contribution in [2.75, 3.05) is 37.5 Å². The van der Waals surface area contributed by atoms with Crippen LogP contribution in [-0.2, 0) is 16.1 Å². The first kappa shape index (κ1) is 24.0. The van der Waals surface area contributed by atoms with Crippen LogP contribution >= 0.6 is 11.6 Å². The third-order valence-corrected chi connectivity index (χ3v) is 5.16. The van der Waals surface area contributed by atoms with Gasteiger partial charge in [0.15, 0.2) is 5.65 Å². The summed E-state index contributed by atoms with van der Waals surface area (Å²) in [6, 6.07) is 9.32. The number of halogens is 1. The van der Waals surface area contributed by atoms with Crippen LogP contribution in [0.15, 0.2) is 30.5 Å². The summed E-state index contributed by atoms with van der Waals surface area (Å²) >= 11 is 6.24. The molecule has 0 spiro atoms. The molecule has 0 aliphatic heterocycles. The Morgan fingerprint density at radius 1 is 1.30 bits per heavy atom. The number of esters is 1. The average Bonchev–Trinajstić information content (AvgIpc) is 2.82. The number of hydrogen-bond acceptors (Lipinski definition) is 9. The highest BCUT2D eigenvalue weighted by Gasteiger charge is 2.14. The fourth-order valence-corrected chi connectivity index (χ4v) is 3.45. The quantitative estimate of drug-likeness (QED) is 0.441. The molecule has 1 N–H and O–H groups in total. The second kappa shape index (κ2) is 11.3. The number of aromatic nitrogens is 3. The maximum absolute atomic E-state index is 11.6. The molecule has 0 aliphatic rings. The van der Waals surface area contributed by atoms with Gasteiger partial charge >= 0.3 is 5.97 Å². The number of nitriles is 1. The molecule has 0 saturated heterocycles. The van der Waals surface area contributed by atoms with Crippen molar-refractivity contribution in [3.05, 3.63) is 46.6 Å². The topological polar surface area (TPSA) is 113 Å². The van der Waals surface area contributed by atoms with Crippen LogP contribution in [0.5, 0.6) is 5.75 Å². The maximum Gasteiger partial charge on any atom is 0.305 e. The monoisotopic (exact) mass is 468 g/mol. The lowest BCUT2D eigenvalue weighted by molar-refractivity contribution is -0.143. The normalized spacial score (nSPS) is 10.5. The molecule has 1 aromatic carbocycles. The van der Waals surface area contributed by atoms with E-state index in [1.54, 1.807) is 26.2 Å². The Hall–Kier alpha value is -3.64. The summed E-state index contributed by atoms with van der Waals surface area (Å²) < 4.78 is 10.2. The standard InChI is InChI=1S/C23H25ClN6O3/c1-4-33-20(31)6-5-9-30(2)23-28-21(17-10-16(12-25)14-27-22(17)29-23)26-13-15-7-8-19(32-3)18(24)11-15/h7-8,10-11,14H,4-6,9,13H2,1-3H3,(H,26,27,28,29). The lowest BCUT2D eigenvalue weighted by Crippen LogP contribution is -2.22. The number of nitrogens with one attached hydrogen (secondary N) is 1. The zero-order chi connectivity index (χ0) is 23.8. The molecule has 33 heavy (non-hydrogen) atoms. The van der Waals surface area contributed by atoms with E-state index >= 15 is 0 Å². The molecule has 3 aromatic rings. The lowest BCUT2D eigenvalue weighted by atomic mass is 10.2. The molecule has 10 heteroatoms. The number of carbonyl (C=O) groups is 1. The van der Waals surface area contributed by atoms with E-state index in [-0.39, 0.29) is 5.97 Å². The summed E-state index contributed by atoms with van der Waals surface area (Å²) in [5.41, 5.74) is 1.81. The Kier molecular flexibility index (Phi) is 8.22. The molecule has 0 aliphatic carbocycles. The van der Waals surface area contributed by atoms with Crippen LogP contribution in [0.2, 0.25) is 5.02 Å². The summed E-state index contributed by atoms with van der Waals surface area (Å²) in [5.74, 6) is 1.38. The van der Waals surface area contributed by atoms with E-state index in [9.17, 15) is 10.1 Å². The third kappa shape index (κ3) is 6.20. The van der Waals surface area contributed by atoms with Gasteiger partial charge in [-0.25, -0.2) is 4.98 Å². The van der Waals surface area contributed by atoms with Crippen molar-refractivity contribution in [1.29, 1.82) is 5.26 Å². The number of benzene rings is 1. The Bertz CT molecular complexity index is 1180. The van der Waals surface area contributed by atoms with Crippen molar-refractivity contribution in [3.8, 4) is 11.8 Å². The van der Waals surface area contributed by atoms with Crippen LogP contribution in [0.4, 0.5) is 11.8 Å². The van der Waals surface area contributed by atoms with E-state index in [1.165, 1.54) is 6.20 Å². The van der Waals surface area contributed by atoms with E-state index in [2.05, 4.69) is 26.3 Å². The second-order valence-electron chi connectivity index (χ2n) is 7.23. The smallest absolute Gasteiger partial charge is 0.305 e. The summed E-state index contributed by atoms with van der Waals surface area (Å²) in [4.78, 5) is 27.0. The highest BCUT2D eigenvalue weighted by atomic mass is 35.5. The van der Waals surface area contributed by atoms with E-state index in [0.29, 0.717) is 71.7 Å². The molecule has 2 aromatic heterocycles. The van der Waals surface area contributed by atoms with Gasteiger partial charge in [0.05, 0.1) is 29.7 Å². The SMILES string of the molecule is CCOC(=O)CCCN(C)c1nc(NCc2ccc(OC)c(Cl)c2)c2cc(C#N)cnc2n1. The zero-order valence-corrected chi connectivity index (χ0v) is 19.5. The van der Waals surface area contributed by atoms with Crippen molar-refractivity contribution in [1.82, 2.24) is 15.0 Å². The summed E-state index contributed by atoms with van der Waals surface area (Å²) in [6.45, 7) is 3.16. The van der Waals surface area contributed by atoms with Crippen molar-refractivity contribution in [2.45, 2.75) is 26.3 Å². The fourth-order valence-electron chi connectivity index (χ4n) is 3.17. The van der Waals surface area contributed by atoms with Gasteiger partial charge in [-0.1, -0.05) is 17.7 Å². The van der Waals surface area contributed by atoms with Gasteiger partial charge in [-0.2, -0.15) is 15.2 Å². The first-order valence-electron chi connectivity index (χ1n) is 10.5. The number of pyridine rings is 1. The molecule has 0 unspecified atom stereocenters. The molecule has 0 atom stereocenters. The van der Waals surface area contributed by atoms with Gasteiger partial charge in [-0.05, 0) is 37.1 Å². The molecule has 172 valence electrons. The minimum Gasteiger partial charge on any atom is -0.495 e. The van der Waals surface area contributed by atoms with Crippen molar-refractivity contribution in [2.24, 2.45) is 0 Å². The predicted molar refractivity (Wildman–Crippen MR) is 127 cm³/mol. The first-order chi connectivity index (χ1) is 15.9. The van der Waals surface area contributed by atoms with Gasteiger partial charge in [-0.3, -0.25) is 4.79 Å². The minimum atomic E-state index is -0.225. The number of nitrogens with zero attached hydrogens (tertiary/aromatic N) is 5. The Labute approximate surface area is 197 Å². The molecule has 2 heterocycles. The molecular weight excluding hydrogens is 444 g/mol. The van der Waals surface area contributed by atoms with Crippen LogP contribution in [0, 0.1) is 11.3 Å². The van der Waals surface area contributed by atoms with Crippen molar-refractivity contribution in [3.63, 3.8) is 0 Å². The first-order valence-corrected chi connectivity index (χ1v) is 10.8. The molecule has 0 fully saturated rings. The number of methoxy groups -OCH3 is 1. The third-order valence-electron chi connectivity index (χ3n) is 4.87. The van der Waals surface area contributed by atoms with Gasteiger partial charge in [0.2, 0.25) is 5.95 Å². The largest absolute Gasteiger partial charge is 0.495 e. The van der Waals surface area contributed by atoms with Gasteiger partial charge in [0.25, 0.3) is 0 Å². The number of hydrogen-bond donors (Lipinski definition) is 1.